The number of likely N-dealkylation sites (tertiary alicyclic amines) is 1. The largest absolute Gasteiger partial charge is 0.496 e. The third-order valence-corrected chi connectivity index (χ3v) is 5.67. The van der Waals surface area contributed by atoms with Crippen LogP contribution < -0.4 is 10.1 Å². The van der Waals surface area contributed by atoms with Gasteiger partial charge in [0.2, 0.25) is 5.95 Å². The van der Waals surface area contributed by atoms with Gasteiger partial charge in [-0.1, -0.05) is 13.8 Å². The zero-order chi connectivity index (χ0) is 22.8. The normalized spacial score (nSPS) is 16.9. The number of carbonyl (C=O) groups excluding carboxylic acids is 1. The fourth-order valence-corrected chi connectivity index (χ4v) is 3.75. The van der Waals surface area contributed by atoms with E-state index in [9.17, 15) is 9.18 Å². The second kappa shape index (κ2) is 8.99. The highest BCUT2D eigenvalue weighted by molar-refractivity contribution is 5.82. The molecule has 0 radical (unpaired) electrons. The van der Waals surface area contributed by atoms with Gasteiger partial charge in [0.15, 0.2) is 0 Å². The molecule has 0 bridgehead atoms. The fraction of sp³-hybridized carbons (Fsp3) is 0.583. The number of carbonyl (C=O) groups is 1. The Balaban J connectivity index is 1.79. The lowest BCUT2D eigenvalue weighted by Gasteiger charge is -2.36. The van der Waals surface area contributed by atoms with Gasteiger partial charge >= 0.3 is 6.09 Å². The minimum atomic E-state index is -0.572. The van der Waals surface area contributed by atoms with E-state index in [0.29, 0.717) is 28.8 Å². The molecule has 1 aromatic heterocycles. The molecule has 0 aliphatic carbocycles. The second-order valence-electron chi connectivity index (χ2n) is 10.1. The third kappa shape index (κ3) is 6.29. The smallest absolute Gasteiger partial charge is 0.407 e. The molecule has 2 aromatic rings. The quantitative estimate of drug-likeness (QED) is 0.673. The molecule has 1 aliphatic rings. The number of piperidine rings is 1. The number of alkyl carbamates (subject to hydrolysis) is 1. The summed E-state index contributed by atoms with van der Waals surface area (Å²) in [4.78, 5) is 18.5. The Morgan fingerprint density at radius 2 is 1.84 bits per heavy atom. The Morgan fingerprint density at radius 1 is 1.19 bits per heavy atom. The number of halogens is 1. The van der Waals surface area contributed by atoms with Crippen LogP contribution in [0.4, 0.5) is 9.18 Å². The Hall–Kier alpha value is -2.41. The summed E-state index contributed by atoms with van der Waals surface area (Å²) in [5.74, 6) is 0.0977. The molecule has 2 heterocycles. The summed E-state index contributed by atoms with van der Waals surface area (Å²) < 4.78 is 25.5. The summed E-state index contributed by atoms with van der Waals surface area (Å²) >= 11 is 0. The molecule has 1 fully saturated rings. The lowest BCUT2D eigenvalue weighted by atomic mass is 9.82. The number of ether oxygens (including phenoxy) is 2. The van der Waals surface area contributed by atoms with E-state index in [4.69, 9.17) is 9.47 Å². The molecule has 31 heavy (non-hydrogen) atoms. The fourth-order valence-electron chi connectivity index (χ4n) is 3.75. The topological polar surface area (TPSA) is 63.7 Å². The van der Waals surface area contributed by atoms with Gasteiger partial charge in [0, 0.05) is 35.7 Å². The zero-order valence-corrected chi connectivity index (χ0v) is 19.5. The van der Waals surface area contributed by atoms with E-state index in [2.05, 4.69) is 29.0 Å². The van der Waals surface area contributed by atoms with Crippen LogP contribution in [-0.4, -0.2) is 41.8 Å². The summed E-state index contributed by atoms with van der Waals surface area (Å²) in [7, 11) is 1.54. The molecule has 0 spiro atoms. The van der Waals surface area contributed by atoms with Crippen LogP contribution in [0.3, 0.4) is 0 Å². The van der Waals surface area contributed by atoms with Gasteiger partial charge in [-0.3, -0.25) is 4.90 Å². The monoisotopic (exact) mass is 431 g/mol. The molecule has 7 heteroatoms. The molecule has 170 valence electrons. The van der Waals surface area contributed by atoms with Gasteiger partial charge in [0.05, 0.1) is 12.6 Å². The molecule has 1 N–H and O–H groups in total. The molecule has 1 aromatic carbocycles. The van der Waals surface area contributed by atoms with Crippen molar-refractivity contribution in [2.24, 2.45) is 5.41 Å². The number of amides is 1. The second-order valence-corrected chi connectivity index (χ2v) is 10.1. The number of hydrogen-bond donors (Lipinski definition) is 1. The van der Waals surface area contributed by atoms with Crippen molar-refractivity contribution < 1.29 is 18.7 Å². The summed E-state index contributed by atoms with van der Waals surface area (Å²) in [6.07, 6.45) is 1.71. The van der Waals surface area contributed by atoms with E-state index in [1.807, 2.05) is 32.9 Å². The number of hydrogen-bond acceptors (Lipinski definition) is 5. The molecule has 1 saturated heterocycles. The molecule has 1 aliphatic heterocycles. The molecule has 6 nitrogen and oxygen atoms in total. The Labute approximate surface area is 184 Å². The van der Waals surface area contributed by atoms with Crippen molar-refractivity contribution in [1.29, 1.82) is 0 Å². The van der Waals surface area contributed by atoms with Crippen LogP contribution in [0.1, 0.15) is 58.6 Å². The number of pyridine rings is 1. The first-order valence-corrected chi connectivity index (χ1v) is 10.8. The van der Waals surface area contributed by atoms with E-state index < -0.39 is 17.6 Å². The highest BCUT2D eigenvalue weighted by atomic mass is 19.1. The molecular weight excluding hydrogens is 397 g/mol. The number of nitrogens with one attached hydrogen (secondary N) is 1. The van der Waals surface area contributed by atoms with E-state index >= 15 is 0 Å². The Bertz CT molecular complexity index is 943. The maximum atomic E-state index is 14.7. The van der Waals surface area contributed by atoms with E-state index in [0.717, 1.165) is 36.9 Å². The van der Waals surface area contributed by atoms with Gasteiger partial charge in [-0.2, -0.15) is 4.39 Å². The predicted octanol–water partition coefficient (Wildman–Crippen LogP) is 5.03. The van der Waals surface area contributed by atoms with Crippen LogP contribution in [0.5, 0.6) is 5.75 Å². The molecular formula is C24H34FN3O3. The standard InChI is InChI=1S/C24H34FN3O3/c1-23(2,3)31-22(29)26-14-17-11-16-12-18(15-28-9-7-24(4,5)8-10-28)21(25)27-19(16)13-20(17)30-6/h11-13H,7-10,14-15H2,1-6H3,(H,26,29). The predicted molar refractivity (Wildman–Crippen MR) is 120 cm³/mol. The summed E-state index contributed by atoms with van der Waals surface area (Å²) in [5, 5.41) is 3.57. The average molecular weight is 432 g/mol. The Kier molecular flexibility index (Phi) is 6.74. The number of fused-ring (bicyclic) bond motifs is 1. The first-order valence-electron chi connectivity index (χ1n) is 10.8. The van der Waals surface area contributed by atoms with Crippen LogP contribution in [0.15, 0.2) is 18.2 Å². The van der Waals surface area contributed by atoms with Crippen molar-refractivity contribution in [2.45, 2.75) is 66.2 Å². The van der Waals surface area contributed by atoms with Gasteiger partial charge in [-0.25, -0.2) is 9.78 Å². The van der Waals surface area contributed by atoms with E-state index in [-0.39, 0.29) is 6.54 Å². The average Bonchev–Trinajstić information content (AvgIpc) is 2.66. The van der Waals surface area contributed by atoms with Gasteiger partial charge in [0.1, 0.15) is 11.4 Å². The van der Waals surface area contributed by atoms with Gasteiger partial charge in [-0.15, -0.1) is 0 Å². The highest BCUT2D eigenvalue weighted by Crippen LogP contribution is 2.31. The van der Waals surface area contributed by atoms with E-state index in [1.54, 1.807) is 13.2 Å². The lowest BCUT2D eigenvalue weighted by Crippen LogP contribution is -2.37. The van der Waals surface area contributed by atoms with Gasteiger partial charge in [-0.05, 0) is 64.3 Å². The van der Waals surface area contributed by atoms with Crippen molar-refractivity contribution in [3.8, 4) is 5.75 Å². The molecule has 3 rings (SSSR count). The number of benzene rings is 1. The minimum Gasteiger partial charge on any atom is -0.496 e. The maximum Gasteiger partial charge on any atom is 0.407 e. The summed E-state index contributed by atoms with van der Waals surface area (Å²) in [5.41, 5.74) is 1.67. The molecule has 0 atom stereocenters. The Morgan fingerprint density at radius 3 is 2.45 bits per heavy atom. The minimum absolute atomic E-state index is 0.238. The molecule has 0 unspecified atom stereocenters. The highest BCUT2D eigenvalue weighted by Gasteiger charge is 2.26. The van der Waals surface area contributed by atoms with Gasteiger partial charge in [0.25, 0.3) is 0 Å². The van der Waals surface area contributed by atoms with Crippen molar-refractivity contribution in [3.63, 3.8) is 0 Å². The zero-order valence-electron chi connectivity index (χ0n) is 19.5. The SMILES string of the molecule is COc1cc2nc(F)c(CN3CCC(C)(C)CC3)cc2cc1CNC(=O)OC(C)(C)C. The van der Waals surface area contributed by atoms with Crippen molar-refractivity contribution in [1.82, 2.24) is 15.2 Å². The number of methoxy groups -OCH3 is 1. The van der Waals surface area contributed by atoms with Crippen molar-refractivity contribution in [3.05, 3.63) is 35.3 Å². The summed E-state index contributed by atoms with van der Waals surface area (Å²) in [6.45, 7) is 12.7. The third-order valence-electron chi connectivity index (χ3n) is 5.67. The van der Waals surface area contributed by atoms with Crippen molar-refractivity contribution >= 4 is 17.0 Å². The van der Waals surface area contributed by atoms with Gasteiger partial charge < -0.3 is 14.8 Å². The van der Waals surface area contributed by atoms with Crippen LogP contribution in [0.25, 0.3) is 10.9 Å². The van der Waals surface area contributed by atoms with Crippen LogP contribution in [0, 0.1) is 11.4 Å². The number of aromatic nitrogens is 1. The van der Waals surface area contributed by atoms with Crippen LogP contribution >= 0.6 is 0 Å². The number of rotatable bonds is 5. The van der Waals surface area contributed by atoms with Crippen molar-refractivity contribution in [2.75, 3.05) is 20.2 Å². The van der Waals surface area contributed by atoms with E-state index in [1.165, 1.54) is 0 Å². The maximum absolute atomic E-state index is 14.7. The first kappa shape index (κ1) is 23.3. The molecule has 1 amide bonds. The summed E-state index contributed by atoms with van der Waals surface area (Å²) in [6, 6.07) is 5.45. The lowest BCUT2D eigenvalue weighted by molar-refractivity contribution is 0.0523. The van der Waals surface area contributed by atoms with Crippen LogP contribution in [-0.2, 0) is 17.8 Å². The molecule has 0 saturated carbocycles. The van der Waals surface area contributed by atoms with Crippen LogP contribution in [0.2, 0.25) is 0 Å². The first-order chi connectivity index (χ1) is 14.5. The number of nitrogens with zero attached hydrogens (tertiary/aromatic N) is 2.